The molecule has 0 bridgehead atoms. The van der Waals surface area contributed by atoms with E-state index in [1.54, 1.807) is 12.1 Å². The zero-order valence-corrected chi connectivity index (χ0v) is 14.3. The quantitative estimate of drug-likeness (QED) is 0.830. The van der Waals surface area contributed by atoms with Crippen LogP contribution in [0.5, 0.6) is 0 Å². The minimum Gasteiger partial charge on any atom is -0.378 e. The van der Waals surface area contributed by atoms with Crippen molar-refractivity contribution in [3.63, 3.8) is 0 Å². The van der Waals surface area contributed by atoms with Crippen LogP contribution in [-0.2, 0) is 11.2 Å². The van der Waals surface area contributed by atoms with E-state index in [9.17, 15) is 9.59 Å². The van der Waals surface area contributed by atoms with Crippen molar-refractivity contribution in [1.29, 1.82) is 0 Å². The van der Waals surface area contributed by atoms with Gasteiger partial charge in [0, 0.05) is 31.8 Å². The van der Waals surface area contributed by atoms with Crippen molar-refractivity contribution in [2.75, 3.05) is 19.0 Å². The molecule has 0 aromatic heterocycles. The monoisotopic (exact) mass is 325 g/mol. The Morgan fingerprint density at radius 2 is 1.71 bits per heavy atom. The first kappa shape index (κ1) is 17.5. The summed E-state index contributed by atoms with van der Waals surface area (Å²) in [4.78, 5) is 25.9. The molecule has 0 saturated heterocycles. The number of anilines is 1. The van der Waals surface area contributed by atoms with Crippen LogP contribution in [-0.4, -0.2) is 25.9 Å². The molecule has 0 heterocycles. The van der Waals surface area contributed by atoms with Crippen LogP contribution in [0.3, 0.4) is 0 Å². The normalized spacial score (nSPS) is 10.1. The first-order chi connectivity index (χ1) is 11.5. The third-order valence-corrected chi connectivity index (χ3v) is 3.70. The number of rotatable bonds is 5. The minimum absolute atomic E-state index is 0.215. The molecule has 0 saturated carbocycles. The van der Waals surface area contributed by atoms with E-state index in [0.29, 0.717) is 18.4 Å². The second-order valence-corrected chi connectivity index (χ2v) is 5.93. The number of benzene rings is 2. The van der Waals surface area contributed by atoms with E-state index in [1.165, 1.54) is 5.56 Å². The molecule has 0 spiro atoms. The number of hydrazine groups is 1. The molecule has 5 nitrogen and oxygen atoms in total. The van der Waals surface area contributed by atoms with Crippen LogP contribution < -0.4 is 15.8 Å². The highest BCUT2D eigenvalue weighted by Gasteiger charge is 2.08. The van der Waals surface area contributed by atoms with Crippen molar-refractivity contribution in [2.24, 2.45) is 0 Å². The summed E-state index contributed by atoms with van der Waals surface area (Å²) in [7, 11) is 3.81. The average Bonchev–Trinajstić information content (AvgIpc) is 2.59. The van der Waals surface area contributed by atoms with E-state index in [1.807, 2.05) is 62.3 Å². The van der Waals surface area contributed by atoms with Crippen LogP contribution in [0.15, 0.2) is 48.5 Å². The maximum atomic E-state index is 12.1. The van der Waals surface area contributed by atoms with E-state index < -0.39 is 0 Å². The van der Waals surface area contributed by atoms with Crippen LogP contribution in [0.4, 0.5) is 5.69 Å². The Balaban J connectivity index is 1.81. The molecule has 2 amide bonds. The predicted molar refractivity (Wildman–Crippen MR) is 95.9 cm³/mol. The lowest BCUT2D eigenvalue weighted by Crippen LogP contribution is -2.41. The first-order valence-electron chi connectivity index (χ1n) is 7.88. The van der Waals surface area contributed by atoms with E-state index in [4.69, 9.17) is 0 Å². The summed E-state index contributed by atoms with van der Waals surface area (Å²) in [6.07, 6.45) is 0.958. The standard InChI is InChI=1S/C19H23N3O2/c1-14-7-9-15(10-8-14)11-12-18(23)20-21-19(24)16-5-4-6-17(13-16)22(2)3/h4-10,13H,11-12H2,1-3H3,(H,20,23)(H,21,24). The first-order valence-corrected chi connectivity index (χ1v) is 7.88. The summed E-state index contributed by atoms with van der Waals surface area (Å²) in [5.41, 5.74) is 8.62. The van der Waals surface area contributed by atoms with E-state index in [-0.39, 0.29) is 11.8 Å². The second-order valence-electron chi connectivity index (χ2n) is 5.93. The maximum absolute atomic E-state index is 12.1. The maximum Gasteiger partial charge on any atom is 0.269 e. The number of carbonyl (C=O) groups excluding carboxylic acids is 2. The summed E-state index contributed by atoms with van der Waals surface area (Å²) in [5, 5.41) is 0. The van der Waals surface area contributed by atoms with Gasteiger partial charge in [0.1, 0.15) is 0 Å². The zero-order valence-electron chi connectivity index (χ0n) is 14.3. The summed E-state index contributed by atoms with van der Waals surface area (Å²) in [6.45, 7) is 2.03. The number of hydrogen-bond donors (Lipinski definition) is 2. The van der Waals surface area contributed by atoms with Gasteiger partial charge in [-0.15, -0.1) is 0 Å². The Kier molecular flexibility index (Phi) is 5.95. The van der Waals surface area contributed by atoms with Crippen LogP contribution in [0.25, 0.3) is 0 Å². The van der Waals surface area contributed by atoms with Gasteiger partial charge in [0.2, 0.25) is 5.91 Å². The molecule has 0 fully saturated rings. The Morgan fingerprint density at radius 3 is 2.38 bits per heavy atom. The molecule has 0 atom stereocenters. The molecule has 0 aliphatic heterocycles. The van der Waals surface area contributed by atoms with Gasteiger partial charge in [0.05, 0.1) is 0 Å². The van der Waals surface area contributed by atoms with Crippen LogP contribution >= 0.6 is 0 Å². The van der Waals surface area contributed by atoms with Gasteiger partial charge in [0.15, 0.2) is 0 Å². The largest absolute Gasteiger partial charge is 0.378 e. The highest BCUT2D eigenvalue weighted by Crippen LogP contribution is 2.13. The molecule has 0 aliphatic rings. The lowest BCUT2D eigenvalue weighted by molar-refractivity contribution is -0.121. The number of nitrogens with one attached hydrogen (secondary N) is 2. The minimum atomic E-state index is -0.331. The number of nitrogens with zero attached hydrogens (tertiary/aromatic N) is 1. The third-order valence-electron chi connectivity index (χ3n) is 3.70. The highest BCUT2D eigenvalue weighted by molar-refractivity contribution is 5.96. The van der Waals surface area contributed by atoms with Crippen LogP contribution in [0.1, 0.15) is 27.9 Å². The molecule has 0 unspecified atom stereocenters. The van der Waals surface area contributed by atoms with Crippen LogP contribution in [0.2, 0.25) is 0 Å². The Hall–Kier alpha value is -2.82. The Bertz CT molecular complexity index is 709. The molecule has 5 heteroatoms. The summed E-state index contributed by atoms with van der Waals surface area (Å²) in [6, 6.07) is 15.3. The van der Waals surface area contributed by atoms with E-state index in [0.717, 1.165) is 11.3 Å². The van der Waals surface area contributed by atoms with Crippen molar-refractivity contribution in [3.05, 3.63) is 65.2 Å². The SMILES string of the molecule is Cc1ccc(CCC(=O)NNC(=O)c2cccc(N(C)C)c2)cc1. The number of hydrogen-bond acceptors (Lipinski definition) is 3. The molecule has 2 N–H and O–H groups in total. The topological polar surface area (TPSA) is 61.4 Å². The van der Waals surface area contributed by atoms with Gasteiger partial charge in [-0.05, 0) is 37.1 Å². The molecule has 2 aromatic carbocycles. The van der Waals surface area contributed by atoms with Crippen molar-refractivity contribution < 1.29 is 9.59 Å². The predicted octanol–water partition coefficient (Wildman–Crippen LogP) is 2.45. The molecule has 0 aliphatic carbocycles. The van der Waals surface area contributed by atoms with Gasteiger partial charge in [0.25, 0.3) is 5.91 Å². The summed E-state index contributed by atoms with van der Waals surface area (Å²) >= 11 is 0. The fourth-order valence-electron chi connectivity index (χ4n) is 2.20. The zero-order chi connectivity index (χ0) is 17.5. The Morgan fingerprint density at radius 1 is 1.00 bits per heavy atom. The third kappa shape index (κ3) is 5.12. The average molecular weight is 325 g/mol. The Labute approximate surface area is 142 Å². The molecule has 126 valence electrons. The lowest BCUT2D eigenvalue weighted by Gasteiger charge is -2.13. The van der Waals surface area contributed by atoms with Gasteiger partial charge in [-0.3, -0.25) is 20.4 Å². The summed E-state index contributed by atoms with van der Waals surface area (Å²) < 4.78 is 0. The molecular weight excluding hydrogens is 302 g/mol. The van der Waals surface area contributed by atoms with Gasteiger partial charge in [-0.1, -0.05) is 35.9 Å². The second kappa shape index (κ2) is 8.15. The summed E-state index contributed by atoms with van der Waals surface area (Å²) in [5.74, 6) is -0.546. The van der Waals surface area contributed by atoms with Gasteiger partial charge < -0.3 is 4.90 Å². The van der Waals surface area contributed by atoms with Gasteiger partial charge in [-0.25, -0.2) is 0 Å². The molecule has 0 radical (unpaired) electrons. The van der Waals surface area contributed by atoms with Gasteiger partial charge >= 0.3 is 0 Å². The lowest BCUT2D eigenvalue weighted by atomic mass is 10.1. The molecule has 2 aromatic rings. The fraction of sp³-hybridized carbons (Fsp3) is 0.263. The van der Waals surface area contributed by atoms with Crippen LogP contribution in [0, 0.1) is 6.92 Å². The van der Waals surface area contributed by atoms with Crippen molar-refractivity contribution in [1.82, 2.24) is 10.9 Å². The molecule has 24 heavy (non-hydrogen) atoms. The van der Waals surface area contributed by atoms with E-state index in [2.05, 4.69) is 10.9 Å². The smallest absolute Gasteiger partial charge is 0.269 e. The van der Waals surface area contributed by atoms with Crippen molar-refractivity contribution in [3.8, 4) is 0 Å². The van der Waals surface area contributed by atoms with Crippen molar-refractivity contribution in [2.45, 2.75) is 19.8 Å². The van der Waals surface area contributed by atoms with Gasteiger partial charge in [-0.2, -0.15) is 0 Å². The fourth-order valence-corrected chi connectivity index (χ4v) is 2.20. The number of amides is 2. The van der Waals surface area contributed by atoms with E-state index >= 15 is 0 Å². The van der Waals surface area contributed by atoms with Crippen molar-refractivity contribution >= 4 is 17.5 Å². The highest BCUT2D eigenvalue weighted by atomic mass is 16.2. The molecule has 2 rings (SSSR count). The number of aryl methyl sites for hydroxylation is 2. The number of carbonyl (C=O) groups is 2. The molecular formula is C19H23N3O2.